The van der Waals surface area contributed by atoms with Crippen LogP contribution in [-0.2, 0) is 0 Å². The second-order valence-corrected chi connectivity index (χ2v) is 5.13. The van der Waals surface area contributed by atoms with E-state index in [-0.39, 0.29) is 24.8 Å². The maximum absolute atomic E-state index is 5.64. The summed E-state index contributed by atoms with van der Waals surface area (Å²) in [7, 11) is 4.98. The van der Waals surface area contributed by atoms with E-state index in [1.54, 1.807) is 21.3 Å². The van der Waals surface area contributed by atoms with Crippen molar-refractivity contribution < 1.29 is 14.2 Å². The van der Waals surface area contributed by atoms with Crippen molar-refractivity contribution in [3.63, 3.8) is 0 Å². The largest absolute Gasteiger partial charge is 0.493 e. The number of methoxy groups -OCH3 is 3. The van der Waals surface area contributed by atoms with E-state index in [1.807, 2.05) is 6.07 Å². The molecule has 1 fully saturated rings. The third kappa shape index (κ3) is 4.80. The lowest BCUT2D eigenvalue weighted by molar-refractivity contribution is 0.165. The van der Waals surface area contributed by atoms with Gasteiger partial charge in [-0.3, -0.25) is 4.90 Å². The second kappa shape index (κ2) is 10.8. The Morgan fingerprint density at radius 2 is 1.61 bits per heavy atom. The van der Waals surface area contributed by atoms with Gasteiger partial charge in [0.25, 0.3) is 0 Å². The van der Waals surface area contributed by atoms with Crippen LogP contribution >= 0.6 is 24.8 Å². The third-order valence-corrected chi connectivity index (χ3v) is 4.07. The first-order valence-electron chi connectivity index (χ1n) is 7.50. The molecule has 5 nitrogen and oxygen atoms in total. The van der Waals surface area contributed by atoms with Crippen LogP contribution in [0.5, 0.6) is 17.2 Å². The molecule has 0 unspecified atom stereocenters. The fraction of sp³-hybridized carbons (Fsp3) is 0.625. The maximum Gasteiger partial charge on any atom is 0.203 e. The molecule has 1 saturated heterocycles. The van der Waals surface area contributed by atoms with Gasteiger partial charge in [-0.05, 0) is 18.6 Å². The molecule has 1 atom stereocenters. The number of hydrogen-bond acceptors (Lipinski definition) is 5. The summed E-state index contributed by atoms with van der Waals surface area (Å²) in [5.41, 5.74) is 1.17. The minimum Gasteiger partial charge on any atom is -0.493 e. The van der Waals surface area contributed by atoms with Gasteiger partial charge < -0.3 is 19.5 Å². The normalized spacial score (nSPS) is 15.8. The van der Waals surface area contributed by atoms with Gasteiger partial charge in [-0.2, -0.15) is 0 Å². The van der Waals surface area contributed by atoms with Crippen LogP contribution in [0.1, 0.15) is 24.9 Å². The molecule has 1 N–H and O–H groups in total. The van der Waals surface area contributed by atoms with Gasteiger partial charge in [-0.15, -0.1) is 24.8 Å². The number of nitrogens with one attached hydrogen (secondary N) is 1. The predicted molar refractivity (Wildman–Crippen MR) is 98.1 cm³/mol. The Kier molecular flexibility index (Phi) is 10.4. The number of benzene rings is 1. The molecule has 134 valence electrons. The lowest BCUT2D eigenvalue weighted by Gasteiger charge is -2.35. The van der Waals surface area contributed by atoms with Gasteiger partial charge in [0.15, 0.2) is 11.5 Å². The SMILES string of the molecule is CC[C@@H](c1ccc(OC)c(OC)c1OC)N1CCNCC1.Cl.Cl. The van der Waals surface area contributed by atoms with Crippen LogP contribution in [0.25, 0.3) is 0 Å². The first kappa shape index (κ1) is 22.1. The molecule has 1 aromatic rings. The molecular weight excluding hydrogens is 339 g/mol. The molecular formula is C16H28Cl2N2O3. The molecule has 0 aromatic heterocycles. The molecule has 7 heteroatoms. The zero-order valence-electron chi connectivity index (χ0n) is 14.3. The van der Waals surface area contributed by atoms with E-state index >= 15 is 0 Å². The monoisotopic (exact) mass is 366 g/mol. The van der Waals surface area contributed by atoms with E-state index in [9.17, 15) is 0 Å². The smallest absolute Gasteiger partial charge is 0.203 e. The Morgan fingerprint density at radius 1 is 1.00 bits per heavy atom. The molecule has 2 rings (SSSR count). The highest BCUT2D eigenvalue weighted by molar-refractivity contribution is 5.85. The Labute approximate surface area is 151 Å². The van der Waals surface area contributed by atoms with Gasteiger partial charge >= 0.3 is 0 Å². The summed E-state index contributed by atoms with van der Waals surface area (Å²) < 4.78 is 16.5. The average Bonchev–Trinajstić information content (AvgIpc) is 2.55. The highest BCUT2D eigenvalue weighted by atomic mass is 35.5. The Hall–Kier alpha value is -0.880. The van der Waals surface area contributed by atoms with Gasteiger partial charge in [-0.1, -0.05) is 6.92 Å². The molecule has 0 spiro atoms. The second-order valence-electron chi connectivity index (χ2n) is 5.13. The van der Waals surface area contributed by atoms with E-state index in [1.165, 1.54) is 5.56 Å². The third-order valence-electron chi connectivity index (χ3n) is 4.07. The molecule has 1 aliphatic heterocycles. The molecule has 0 amide bonds. The number of rotatable bonds is 6. The molecule has 1 heterocycles. The zero-order valence-corrected chi connectivity index (χ0v) is 15.9. The van der Waals surface area contributed by atoms with Crippen molar-refractivity contribution in [3.05, 3.63) is 17.7 Å². The first-order chi connectivity index (χ1) is 10.3. The summed E-state index contributed by atoms with van der Waals surface area (Å²) in [6.07, 6.45) is 1.03. The van der Waals surface area contributed by atoms with Crippen molar-refractivity contribution in [2.75, 3.05) is 47.5 Å². The van der Waals surface area contributed by atoms with Crippen LogP contribution < -0.4 is 19.5 Å². The highest BCUT2D eigenvalue weighted by Crippen LogP contribution is 2.44. The average molecular weight is 367 g/mol. The number of nitrogens with zero attached hydrogens (tertiary/aromatic N) is 1. The van der Waals surface area contributed by atoms with E-state index in [0.29, 0.717) is 17.5 Å². The van der Waals surface area contributed by atoms with Crippen LogP contribution in [0.4, 0.5) is 0 Å². The van der Waals surface area contributed by atoms with Crippen LogP contribution in [0.15, 0.2) is 12.1 Å². The molecule has 23 heavy (non-hydrogen) atoms. The van der Waals surface area contributed by atoms with Gasteiger partial charge in [0, 0.05) is 37.8 Å². The Balaban J connectivity index is 0.00000242. The number of piperazine rings is 1. The molecule has 1 aromatic carbocycles. The fourth-order valence-electron chi connectivity index (χ4n) is 3.06. The van der Waals surface area contributed by atoms with E-state index < -0.39 is 0 Å². The summed E-state index contributed by atoms with van der Waals surface area (Å²) in [6.45, 7) is 6.38. The van der Waals surface area contributed by atoms with Crippen LogP contribution in [0, 0.1) is 0 Å². The summed E-state index contributed by atoms with van der Waals surface area (Å²) in [4.78, 5) is 2.50. The van der Waals surface area contributed by atoms with E-state index in [4.69, 9.17) is 14.2 Å². The van der Waals surface area contributed by atoms with E-state index in [2.05, 4.69) is 23.2 Å². The lowest BCUT2D eigenvalue weighted by atomic mass is 10.00. The van der Waals surface area contributed by atoms with Crippen molar-refractivity contribution in [1.82, 2.24) is 10.2 Å². The van der Waals surface area contributed by atoms with Gasteiger partial charge in [0.2, 0.25) is 5.75 Å². The fourth-order valence-corrected chi connectivity index (χ4v) is 3.06. The lowest BCUT2D eigenvalue weighted by Crippen LogP contribution is -2.45. The number of hydrogen-bond donors (Lipinski definition) is 1. The summed E-state index contributed by atoms with van der Waals surface area (Å²) in [5.74, 6) is 2.15. The van der Waals surface area contributed by atoms with Crippen molar-refractivity contribution in [3.8, 4) is 17.2 Å². The van der Waals surface area contributed by atoms with Gasteiger partial charge in [0.05, 0.1) is 21.3 Å². The van der Waals surface area contributed by atoms with Crippen LogP contribution in [-0.4, -0.2) is 52.4 Å². The van der Waals surface area contributed by atoms with E-state index in [0.717, 1.165) is 38.3 Å². The number of ether oxygens (including phenoxy) is 3. The minimum absolute atomic E-state index is 0. The first-order valence-corrected chi connectivity index (χ1v) is 7.50. The summed E-state index contributed by atoms with van der Waals surface area (Å²) in [5, 5.41) is 3.40. The topological polar surface area (TPSA) is 43.0 Å². The maximum atomic E-state index is 5.64. The zero-order chi connectivity index (χ0) is 15.2. The van der Waals surface area contributed by atoms with Gasteiger partial charge in [-0.25, -0.2) is 0 Å². The number of halogens is 2. The highest BCUT2D eigenvalue weighted by Gasteiger charge is 2.26. The summed E-state index contributed by atoms with van der Waals surface area (Å²) >= 11 is 0. The quantitative estimate of drug-likeness (QED) is 0.838. The van der Waals surface area contributed by atoms with Gasteiger partial charge in [0.1, 0.15) is 0 Å². The molecule has 0 radical (unpaired) electrons. The van der Waals surface area contributed by atoms with Crippen molar-refractivity contribution in [2.45, 2.75) is 19.4 Å². The van der Waals surface area contributed by atoms with Crippen LogP contribution in [0.3, 0.4) is 0 Å². The Morgan fingerprint density at radius 3 is 2.09 bits per heavy atom. The predicted octanol–water partition coefficient (Wildman–Crippen LogP) is 2.91. The molecule has 0 saturated carbocycles. The van der Waals surface area contributed by atoms with Crippen molar-refractivity contribution in [1.29, 1.82) is 0 Å². The van der Waals surface area contributed by atoms with Crippen molar-refractivity contribution in [2.24, 2.45) is 0 Å². The summed E-state index contributed by atoms with van der Waals surface area (Å²) in [6, 6.07) is 4.39. The van der Waals surface area contributed by atoms with Crippen LogP contribution in [0.2, 0.25) is 0 Å². The minimum atomic E-state index is 0. The Bertz CT molecular complexity index is 469. The molecule has 0 bridgehead atoms. The standard InChI is InChI=1S/C16H26N2O3.2ClH/c1-5-13(18-10-8-17-9-11-18)12-6-7-14(19-2)16(21-4)15(12)20-3;;/h6-7,13,17H,5,8-11H2,1-4H3;2*1H/t13-;;/m0../s1. The molecule has 1 aliphatic rings. The molecule has 0 aliphatic carbocycles. The van der Waals surface area contributed by atoms with Crippen molar-refractivity contribution >= 4 is 24.8 Å².